The fraction of sp³-hybridized carbons (Fsp3) is 0.400. The third kappa shape index (κ3) is 3.47. The monoisotopic (exact) mass is 365 g/mol. The Hall–Kier alpha value is -1.84. The maximum Gasteiger partial charge on any atom is 0.240 e. The van der Waals surface area contributed by atoms with E-state index in [1.807, 2.05) is 19.1 Å². The molecule has 2 aromatic heterocycles. The van der Waals surface area contributed by atoms with E-state index in [0.717, 1.165) is 21.4 Å². The van der Waals surface area contributed by atoms with Gasteiger partial charge in [-0.05, 0) is 30.5 Å². The topological polar surface area (TPSA) is 89.2 Å². The highest BCUT2D eigenvalue weighted by Gasteiger charge is 2.15. The highest BCUT2D eigenvalue weighted by molar-refractivity contribution is 7.89. The van der Waals surface area contributed by atoms with Gasteiger partial charge in [0.2, 0.25) is 15.0 Å². The van der Waals surface area contributed by atoms with Gasteiger partial charge in [-0.15, -0.1) is 10.2 Å². The predicted octanol–water partition coefficient (Wildman–Crippen LogP) is 2.14. The van der Waals surface area contributed by atoms with Crippen LogP contribution in [0.5, 0.6) is 0 Å². The number of sulfonamides is 1. The average Bonchev–Trinajstić information content (AvgIpc) is 3.09. The molecular weight excluding hydrogens is 346 g/mol. The number of fused-ring (bicyclic) bond motifs is 1. The number of hydrogen-bond acceptors (Lipinski definition) is 6. The van der Waals surface area contributed by atoms with Gasteiger partial charge in [0.15, 0.2) is 5.82 Å². The Balaban J connectivity index is 1.64. The van der Waals surface area contributed by atoms with Crippen LogP contribution in [0.15, 0.2) is 29.2 Å². The molecule has 0 fully saturated rings. The van der Waals surface area contributed by atoms with Crippen molar-refractivity contribution < 1.29 is 8.42 Å². The van der Waals surface area contributed by atoms with Gasteiger partial charge in [0.1, 0.15) is 5.01 Å². The summed E-state index contributed by atoms with van der Waals surface area (Å²) >= 11 is 1.41. The van der Waals surface area contributed by atoms with Crippen molar-refractivity contribution in [2.75, 3.05) is 6.54 Å². The summed E-state index contributed by atoms with van der Waals surface area (Å²) in [5.41, 5.74) is 1.11. The SMILES string of the molecule is Cc1nnc2sc(CCNS(=O)(=O)c3ccc(C(C)C)cc3)nn12. The van der Waals surface area contributed by atoms with Crippen molar-refractivity contribution in [1.29, 1.82) is 0 Å². The van der Waals surface area contributed by atoms with Gasteiger partial charge >= 0.3 is 0 Å². The number of aryl methyl sites for hydroxylation is 1. The molecule has 1 aromatic carbocycles. The normalized spacial score (nSPS) is 12.3. The first-order valence-corrected chi connectivity index (χ1v) is 9.94. The highest BCUT2D eigenvalue weighted by atomic mass is 32.2. The van der Waals surface area contributed by atoms with Crippen LogP contribution in [-0.4, -0.2) is 34.8 Å². The maximum absolute atomic E-state index is 12.3. The van der Waals surface area contributed by atoms with Crippen LogP contribution in [0.3, 0.4) is 0 Å². The predicted molar refractivity (Wildman–Crippen MR) is 92.8 cm³/mol. The molecule has 0 aliphatic heterocycles. The number of nitrogens with zero attached hydrogens (tertiary/aromatic N) is 4. The molecule has 0 aliphatic rings. The van der Waals surface area contributed by atoms with E-state index in [2.05, 4.69) is 33.9 Å². The van der Waals surface area contributed by atoms with Gasteiger partial charge in [0, 0.05) is 13.0 Å². The Bertz CT molecular complexity index is 942. The molecular formula is C15H19N5O2S2. The molecule has 0 atom stereocenters. The van der Waals surface area contributed by atoms with E-state index in [1.54, 1.807) is 16.6 Å². The Morgan fingerprint density at radius 2 is 1.92 bits per heavy atom. The molecule has 3 aromatic rings. The lowest BCUT2D eigenvalue weighted by atomic mass is 10.0. The number of aromatic nitrogens is 4. The summed E-state index contributed by atoms with van der Waals surface area (Å²) < 4.78 is 28.9. The largest absolute Gasteiger partial charge is 0.240 e. The minimum absolute atomic E-state index is 0.279. The van der Waals surface area contributed by atoms with Gasteiger partial charge in [0.05, 0.1) is 4.90 Å². The zero-order chi connectivity index (χ0) is 17.3. The first-order chi connectivity index (χ1) is 11.4. The van der Waals surface area contributed by atoms with Gasteiger partial charge in [0.25, 0.3) is 0 Å². The van der Waals surface area contributed by atoms with Crippen molar-refractivity contribution in [3.05, 3.63) is 40.7 Å². The summed E-state index contributed by atoms with van der Waals surface area (Å²) in [5.74, 6) is 1.09. The van der Waals surface area contributed by atoms with Gasteiger partial charge in [-0.2, -0.15) is 9.61 Å². The quantitative estimate of drug-likeness (QED) is 0.723. The van der Waals surface area contributed by atoms with E-state index in [9.17, 15) is 8.42 Å². The third-order valence-corrected chi connectivity index (χ3v) is 6.11. The van der Waals surface area contributed by atoms with Crippen molar-refractivity contribution in [1.82, 2.24) is 24.5 Å². The second-order valence-corrected chi connectivity index (χ2v) is 8.62. The Labute approximate surface area is 144 Å². The lowest BCUT2D eigenvalue weighted by Gasteiger charge is -2.08. The van der Waals surface area contributed by atoms with Crippen LogP contribution in [-0.2, 0) is 16.4 Å². The van der Waals surface area contributed by atoms with E-state index in [-0.39, 0.29) is 11.4 Å². The second-order valence-electron chi connectivity index (χ2n) is 5.81. The molecule has 0 radical (unpaired) electrons. The second kappa shape index (κ2) is 6.58. The fourth-order valence-electron chi connectivity index (χ4n) is 2.26. The lowest BCUT2D eigenvalue weighted by Crippen LogP contribution is -2.26. The molecule has 0 bridgehead atoms. The summed E-state index contributed by atoms with van der Waals surface area (Å²) in [5, 5.41) is 13.1. The molecule has 0 saturated carbocycles. The van der Waals surface area contributed by atoms with Crippen LogP contribution in [0.2, 0.25) is 0 Å². The van der Waals surface area contributed by atoms with Gasteiger partial charge < -0.3 is 0 Å². The molecule has 0 spiro atoms. The van der Waals surface area contributed by atoms with Gasteiger partial charge in [-0.3, -0.25) is 0 Å². The number of nitrogens with one attached hydrogen (secondary N) is 1. The number of hydrogen-bond donors (Lipinski definition) is 1. The number of benzene rings is 1. The van der Waals surface area contributed by atoms with E-state index in [4.69, 9.17) is 0 Å². The van der Waals surface area contributed by atoms with Crippen LogP contribution in [0.1, 0.15) is 36.2 Å². The smallest absolute Gasteiger partial charge is 0.211 e. The molecule has 0 amide bonds. The lowest BCUT2D eigenvalue weighted by molar-refractivity contribution is 0.581. The van der Waals surface area contributed by atoms with E-state index < -0.39 is 10.0 Å². The molecule has 128 valence electrons. The molecule has 0 unspecified atom stereocenters. The van der Waals surface area contributed by atoms with Crippen molar-refractivity contribution in [3.8, 4) is 0 Å². The van der Waals surface area contributed by atoms with Crippen LogP contribution >= 0.6 is 11.3 Å². The molecule has 7 nitrogen and oxygen atoms in total. The van der Waals surface area contributed by atoms with Crippen molar-refractivity contribution in [2.24, 2.45) is 0 Å². The standard InChI is InChI=1S/C15H19N5O2S2/c1-10(2)12-4-6-13(7-5-12)24(21,22)16-9-8-14-19-20-11(3)17-18-15(20)23-14/h4-7,10,16H,8-9H2,1-3H3. The van der Waals surface area contributed by atoms with Crippen LogP contribution in [0.25, 0.3) is 4.96 Å². The Kier molecular flexibility index (Phi) is 4.66. The zero-order valence-electron chi connectivity index (χ0n) is 13.7. The molecule has 0 saturated heterocycles. The highest BCUT2D eigenvalue weighted by Crippen LogP contribution is 2.17. The van der Waals surface area contributed by atoms with Crippen molar-refractivity contribution in [3.63, 3.8) is 0 Å². The van der Waals surface area contributed by atoms with Crippen LogP contribution in [0.4, 0.5) is 0 Å². The minimum Gasteiger partial charge on any atom is -0.211 e. The molecule has 9 heteroatoms. The molecule has 24 heavy (non-hydrogen) atoms. The molecule has 2 heterocycles. The third-order valence-electron chi connectivity index (χ3n) is 3.68. The van der Waals surface area contributed by atoms with Gasteiger partial charge in [-0.1, -0.05) is 37.3 Å². The van der Waals surface area contributed by atoms with E-state index in [0.29, 0.717) is 12.3 Å². The Morgan fingerprint density at radius 3 is 2.54 bits per heavy atom. The summed E-state index contributed by atoms with van der Waals surface area (Å²) in [7, 11) is -3.51. The summed E-state index contributed by atoms with van der Waals surface area (Å²) in [6, 6.07) is 6.99. The molecule has 0 aliphatic carbocycles. The molecule has 3 rings (SSSR count). The van der Waals surface area contributed by atoms with Crippen LogP contribution in [0, 0.1) is 6.92 Å². The van der Waals surface area contributed by atoms with E-state index >= 15 is 0 Å². The molecule has 1 N–H and O–H groups in total. The summed E-state index contributed by atoms with van der Waals surface area (Å²) in [4.78, 5) is 0.996. The number of rotatable bonds is 6. The summed E-state index contributed by atoms with van der Waals surface area (Å²) in [6.07, 6.45) is 0.511. The Morgan fingerprint density at radius 1 is 1.21 bits per heavy atom. The maximum atomic E-state index is 12.3. The first-order valence-electron chi connectivity index (χ1n) is 7.64. The fourth-order valence-corrected chi connectivity index (χ4v) is 4.17. The summed E-state index contributed by atoms with van der Waals surface area (Å²) in [6.45, 7) is 6.26. The minimum atomic E-state index is -3.51. The average molecular weight is 365 g/mol. The van der Waals surface area contributed by atoms with Crippen molar-refractivity contribution >= 4 is 26.3 Å². The van der Waals surface area contributed by atoms with E-state index in [1.165, 1.54) is 11.3 Å². The first kappa shape index (κ1) is 17.0. The zero-order valence-corrected chi connectivity index (χ0v) is 15.4. The van der Waals surface area contributed by atoms with Gasteiger partial charge in [-0.25, -0.2) is 13.1 Å². The van der Waals surface area contributed by atoms with Crippen molar-refractivity contribution in [2.45, 2.75) is 38.0 Å². The van der Waals surface area contributed by atoms with Crippen LogP contribution < -0.4 is 4.72 Å².